The maximum absolute atomic E-state index is 11.5. The maximum Gasteiger partial charge on any atom is 0.258 e. The lowest BCUT2D eigenvalue weighted by molar-refractivity contribution is -0.131. The zero-order valence-electron chi connectivity index (χ0n) is 8.38. The Morgan fingerprint density at radius 2 is 2.47 bits per heavy atom. The first-order chi connectivity index (χ1) is 8.16. The SMILES string of the molecule is O=C1NN=CC1C(=O)N/N=C/c1ccc(Br)s1. The van der Waals surface area contributed by atoms with E-state index < -0.39 is 17.7 Å². The van der Waals surface area contributed by atoms with Crippen LogP contribution < -0.4 is 10.9 Å². The summed E-state index contributed by atoms with van der Waals surface area (Å²) in [6, 6.07) is 3.74. The van der Waals surface area contributed by atoms with Gasteiger partial charge in [0.25, 0.3) is 11.8 Å². The van der Waals surface area contributed by atoms with Crippen LogP contribution in [-0.4, -0.2) is 24.2 Å². The first-order valence-corrected chi connectivity index (χ1v) is 6.19. The second kappa shape index (κ2) is 5.19. The number of amides is 2. The summed E-state index contributed by atoms with van der Waals surface area (Å²) in [4.78, 5) is 23.5. The number of carbonyl (C=O) groups excluding carboxylic acids is 2. The van der Waals surface area contributed by atoms with Gasteiger partial charge in [0, 0.05) is 11.1 Å². The van der Waals surface area contributed by atoms with E-state index >= 15 is 0 Å². The molecule has 17 heavy (non-hydrogen) atoms. The van der Waals surface area contributed by atoms with Gasteiger partial charge >= 0.3 is 0 Å². The Labute approximate surface area is 109 Å². The Morgan fingerprint density at radius 3 is 3.06 bits per heavy atom. The number of thiophene rings is 1. The Bertz CT molecular complexity index is 511. The average molecular weight is 315 g/mol. The Kier molecular flexibility index (Phi) is 3.64. The van der Waals surface area contributed by atoms with Crippen molar-refractivity contribution in [1.29, 1.82) is 0 Å². The fraction of sp³-hybridized carbons (Fsp3) is 0.111. The summed E-state index contributed by atoms with van der Waals surface area (Å²) in [6.45, 7) is 0. The molecule has 1 aromatic heterocycles. The van der Waals surface area contributed by atoms with Crippen molar-refractivity contribution in [3.05, 3.63) is 20.8 Å². The lowest BCUT2D eigenvalue weighted by Gasteiger charge is -2.01. The quantitative estimate of drug-likeness (QED) is 0.489. The molecule has 0 fully saturated rings. The third-order valence-electron chi connectivity index (χ3n) is 1.92. The first-order valence-electron chi connectivity index (χ1n) is 4.58. The molecular formula is C9H7BrN4O2S. The van der Waals surface area contributed by atoms with E-state index in [0.717, 1.165) is 8.66 Å². The van der Waals surface area contributed by atoms with Crippen molar-refractivity contribution < 1.29 is 9.59 Å². The van der Waals surface area contributed by atoms with E-state index in [0.29, 0.717) is 0 Å². The number of hydrogen-bond acceptors (Lipinski definition) is 5. The molecule has 0 aliphatic carbocycles. The number of hydrogen-bond donors (Lipinski definition) is 2. The largest absolute Gasteiger partial charge is 0.272 e. The molecule has 8 heteroatoms. The Hall–Kier alpha value is -1.54. The molecule has 2 amide bonds. The fourth-order valence-corrected chi connectivity index (χ4v) is 2.42. The molecular weight excluding hydrogens is 308 g/mol. The Morgan fingerprint density at radius 1 is 1.65 bits per heavy atom. The van der Waals surface area contributed by atoms with E-state index in [9.17, 15) is 9.59 Å². The molecule has 0 aromatic carbocycles. The van der Waals surface area contributed by atoms with Gasteiger partial charge < -0.3 is 0 Å². The van der Waals surface area contributed by atoms with Gasteiger partial charge in [0.15, 0.2) is 5.92 Å². The van der Waals surface area contributed by atoms with Gasteiger partial charge in [-0.3, -0.25) is 9.59 Å². The number of nitrogens with one attached hydrogen (secondary N) is 2. The van der Waals surface area contributed by atoms with Gasteiger partial charge in [0.2, 0.25) is 0 Å². The van der Waals surface area contributed by atoms with Gasteiger partial charge in [-0.2, -0.15) is 10.2 Å². The second-order valence-electron chi connectivity index (χ2n) is 3.11. The molecule has 2 rings (SSSR count). The second-order valence-corrected chi connectivity index (χ2v) is 5.60. The van der Waals surface area contributed by atoms with Crippen molar-refractivity contribution in [2.45, 2.75) is 0 Å². The van der Waals surface area contributed by atoms with Gasteiger partial charge in [-0.25, -0.2) is 10.9 Å². The molecule has 2 heterocycles. The summed E-state index contributed by atoms with van der Waals surface area (Å²) in [7, 11) is 0. The molecule has 0 spiro atoms. The molecule has 2 N–H and O–H groups in total. The first kappa shape index (κ1) is 11.9. The predicted molar refractivity (Wildman–Crippen MR) is 67.9 cm³/mol. The van der Waals surface area contributed by atoms with Gasteiger partial charge in [-0.1, -0.05) is 0 Å². The number of halogens is 1. The van der Waals surface area contributed by atoms with Crippen molar-refractivity contribution >= 4 is 51.5 Å². The van der Waals surface area contributed by atoms with E-state index in [-0.39, 0.29) is 0 Å². The molecule has 1 aliphatic heterocycles. The van der Waals surface area contributed by atoms with Crippen LogP contribution in [-0.2, 0) is 9.59 Å². The smallest absolute Gasteiger partial charge is 0.258 e. The molecule has 88 valence electrons. The highest BCUT2D eigenvalue weighted by atomic mass is 79.9. The standard InChI is InChI=1S/C9H7BrN4O2S/c10-7-2-1-5(17-7)3-11-13-8(15)6-4-12-14-9(6)16/h1-4,6H,(H,13,15)(H,14,16)/b11-3+. The van der Waals surface area contributed by atoms with Crippen molar-refractivity contribution in [3.63, 3.8) is 0 Å². The lowest BCUT2D eigenvalue weighted by atomic mass is 10.1. The zero-order valence-corrected chi connectivity index (χ0v) is 10.8. The minimum absolute atomic E-state index is 0.448. The highest BCUT2D eigenvalue weighted by Gasteiger charge is 2.28. The van der Waals surface area contributed by atoms with Crippen LogP contribution in [0.5, 0.6) is 0 Å². The summed E-state index contributed by atoms with van der Waals surface area (Å²) in [5, 5.41) is 7.25. The van der Waals surface area contributed by atoms with Gasteiger partial charge in [0.1, 0.15) is 0 Å². The molecule has 0 radical (unpaired) electrons. The molecule has 1 aromatic rings. The van der Waals surface area contributed by atoms with Crippen LogP contribution in [0.3, 0.4) is 0 Å². The highest BCUT2D eigenvalue weighted by molar-refractivity contribution is 9.11. The van der Waals surface area contributed by atoms with Crippen molar-refractivity contribution in [1.82, 2.24) is 10.9 Å². The third kappa shape index (κ3) is 2.98. The summed E-state index contributed by atoms with van der Waals surface area (Å²) in [5.74, 6) is -1.85. The van der Waals surface area contributed by atoms with E-state index in [4.69, 9.17) is 0 Å². The van der Waals surface area contributed by atoms with Gasteiger partial charge in [-0.05, 0) is 28.1 Å². The summed E-state index contributed by atoms with van der Waals surface area (Å²) >= 11 is 4.80. The van der Waals surface area contributed by atoms with E-state index in [1.54, 1.807) is 0 Å². The topological polar surface area (TPSA) is 82.9 Å². The van der Waals surface area contributed by atoms with E-state index in [1.165, 1.54) is 23.8 Å². The molecule has 0 bridgehead atoms. The van der Waals surface area contributed by atoms with E-state index in [2.05, 4.69) is 37.0 Å². The van der Waals surface area contributed by atoms with Crippen LogP contribution in [0, 0.1) is 5.92 Å². The van der Waals surface area contributed by atoms with Crippen LogP contribution in [0.1, 0.15) is 4.88 Å². The number of hydrazone groups is 2. The number of carbonyl (C=O) groups is 2. The minimum Gasteiger partial charge on any atom is -0.272 e. The normalized spacial score (nSPS) is 18.6. The van der Waals surface area contributed by atoms with Crippen LogP contribution in [0.15, 0.2) is 26.1 Å². The summed E-state index contributed by atoms with van der Waals surface area (Å²) in [6.07, 6.45) is 2.76. The van der Waals surface area contributed by atoms with Crippen LogP contribution in [0.2, 0.25) is 0 Å². The average Bonchev–Trinajstić information content (AvgIpc) is 2.87. The number of rotatable bonds is 3. The summed E-state index contributed by atoms with van der Waals surface area (Å²) < 4.78 is 0.979. The lowest BCUT2D eigenvalue weighted by Crippen LogP contribution is -2.34. The molecule has 1 atom stereocenters. The monoisotopic (exact) mass is 314 g/mol. The van der Waals surface area contributed by atoms with Crippen molar-refractivity contribution in [2.75, 3.05) is 0 Å². The summed E-state index contributed by atoms with van der Waals surface area (Å²) in [5.41, 5.74) is 4.46. The molecule has 6 nitrogen and oxygen atoms in total. The highest BCUT2D eigenvalue weighted by Crippen LogP contribution is 2.20. The van der Waals surface area contributed by atoms with Crippen molar-refractivity contribution in [2.24, 2.45) is 16.1 Å². The van der Waals surface area contributed by atoms with Crippen LogP contribution >= 0.6 is 27.3 Å². The molecule has 1 aliphatic rings. The van der Waals surface area contributed by atoms with Gasteiger partial charge in [-0.15, -0.1) is 11.3 Å². The molecule has 1 unspecified atom stereocenters. The van der Waals surface area contributed by atoms with Crippen molar-refractivity contribution in [3.8, 4) is 0 Å². The minimum atomic E-state index is -0.901. The van der Waals surface area contributed by atoms with Crippen LogP contribution in [0.4, 0.5) is 0 Å². The Balaban J connectivity index is 1.90. The number of nitrogens with zero attached hydrogens (tertiary/aromatic N) is 2. The third-order valence-corrected chi connectivity index (χ3v) is 3.48. The molecule has 0 saturated heterocycles. The fourth-order valence-electron chi connectivity index (χ4n) is 1.13. The predicted octanol–water partition coefficient (Wildman–Crippen LogP) is 0.693. The van der Waals surface area contributed by atoms with Crippen LogP contribution in [0.25, 0.3) is 0 Å². The molecule has 0 saturated carbocycles. The maximum atomic E-state index is 11.5. The van der Waals surface area contributed by atoms with Gasteiger partial charge in [0.05, 0.1) is 10.0 Å². The van der Waals surface area contributed by atoms with E-state index in [1.807, 2.05) is 12.1 Å². The zero-order chi connectivity index (χ0) is 12.3.